The van der Waals surface area contributed by atoms with Gasteiger partial charge in [0.05, 0.1) is 23.9 Å². The number of aryl methyl sites for hydroxylation is 1. The molecule has 2 N–H and O–H groups in total. The van der Waals surface area contributed by atoms with E-state index in [0.29, 0.717) is 11.1 Å². The largest absolute Gasteiger partial charge is 0.503 e. The third kappa shape index (κ3) is 3.48. The summed E-state index contributed by atoms with van der Waals surface area (Å²) in [6.07, 6.45) is 1.44. The summed E-state index contributed by atoms with van der Waals surface area (Å²) in [7, 11) is 1.43. The molecule has 0 atom stereocenters. The van der Waals surface area contributed by atoms with Crippen LogP contribution in [0.5, 0.6) is 11.5 Å². The van der Waals surface area contributed by atoms with Crippen molar-refractivity contribution < 1.29 is 14.6 Å². The van der Waals surface area contributed by atoms with E-state index in [9.17, 15) is 9.90 Å². The maximum absolute atomic E-state index is 12.6. The Morgan fingerprint density at radius 2 is 2.00 bits per heavy atom. The Bertz CT molecular complexity index is 1020. The van der Waals surface area contributed by atoms with E-state index in [-0.39, 0.29) is 22.4 Å². The number of carbonyl (C=O) groups excluding carboxylic acids is 1. The number of nitrogens with zero attached hydrogens (tertiary/aromatic N) is 1. The van der Waals surface area contributed by atoms with Crippen molar-refractivity contribution in [3.63, 3.8) is 0 Å². The highest BCUT2D eigenvalue weighted by Crippen LogP contribution is 2.34. The van der Waals surface area contributed by atoms with Gasteiger partial charge in [-0.25, -0.2) is 5.43 Å². The molecular weight excluding hydrogens is 352 g/mol. The van der Waals surface area contributed by atoms with E-state index in [1.165, 1.54) is 19.4 Å². The van der Waals surface area contributed by atoms with Gasteiger partial charge in [-0.2, -0.15) is 5.10 Å². The standard InChI is InChI=1S/C20H17ClN2O3/c1-12-7-8-14-5-3-4-6-15(14)18(12)20(25)23-22-11-13-9-16(21)19(24)17(10-13)26-2/h3-11,24H,1-2H3,(H,23,25)/b22-11-. The van der Waals surface area contributed by atoms with Gasteiger partial charge in [-0.15, -0.1) is 0 Å². The normalized spacial score (nSPS) is 11.0. The second kappa shape index (κ2) is 7.45. The summed E-state index contributed by atoms with van der Waals surface area (Å²) >= 11 is 5.94. The van der Waals surface area contributed by atoms with Crippen molar-refractivity contribution in [2.24, 2.45) is 5.10 Å². The molecule has 3 rings (SSSR count). The van der Waals surface area contributed by atoms with Crippen LogP contribution >= 0.6 is 11.6 Å². The summed E-state index contributed by atoms with van der Waals surface area (Å²) in [6, 6.07) is 14.7. The predicted octanol–water partition coefficient (Wildman–Crippen LogP) is 4.28. The molecule has 1 amide bonds. The average molecular weight is 369 g/mol. The molecule has 0 heterocycles. The minimum atomic E-state index is -0.299. The van der Waals surface area contributed by atoms with Crippen LogP contribution in [-0.4, -0.2) is 24.3 Å². The molecule has 0 unspecified atom stereocenters. The lowest BCUT2D eigenvalue weighted by molar-refractivity contribution is 0.0956. The van der Waals surface area contributed by atoms with Crippen LogP contribution in [0, 0.1) is 6.92 Å². The van der Waals surface area contributed by atoms with E-state index >= 15 is 0 Å². The van der Waals surface area contributed by atoms with Gasteiger partial charge in [0, 0.05) is 0 Å². The number of nitrogens with one attached hydrogen (secondary N) is 1. The van der Waals surface area contributed by atoms with Crippen molar-refractivity contribution in [1.29, 1.82) is 0 Å². The zero-order chi connectivity index (χ0) is 18.7. The summed E-state index contributed by atoms with van der Waals surface area (Å²) in [5, 5.41) is 15.7. The first-order chi connectivity index (χ1) is 12.5. The highest BCUT2D eigenvalue weighted by atomic mass is 35.5. The van der Waals surface area contributed by atoms with Crippen molar-refractivity contribution in [2.75, 3.05) is 7.11 Å². The Hall–Kier alpha value is -3.05. The zero-order valence-corrected chi connectivity index (χ0v) is 15.0. The molecule has 0 aliphatic heterocycles. The van der Waals surface area contributed by atoms with Crippen LogP contribution in [0.25, 0.3) is 10.8 Å². The first-order valence-electron chi connectivity index (χ1n) is 7.89. The smallest absolute Gasteiger partial charge is 0.272 e. The number of hydrazone groups is 1. The second-order valence-corrected chi connectivity index (χ2v) is 6.14. The van der Waals surface area contributed by atoms with Crippen LogP contribution in [0.1, 0.15) is 21.5 Å². The van der Waals surface area contributed by atoms with Gasteiger partial charge >= 0.3 is 0 Å². The molecule has 0 bridgehead atoms. The molecule has 3 aromatic rings. The van der Waals surface area contributed by atoms with Gasteiger partial charge in [-0.05, 0) is 41.0 Å². The van der Waals surface area contributed by atoms with E-state index in [1.54, 1.807) is 6.07 Å². The average Bonchev–Trinajstić information content (AvgIpc) is 2.64. The lowest BCUT2D eigenvalue weighted by atomic mass is 9.99. The quantitative estimate of drug-likeness (QED) is 0.533. The number of carbonyl (C=O) groups is 1. The van der Waals surface area contributed by atoms with E-state index < -0.39 is 0 Å². The number of rotatable bonds is 4. The maximum atomic E-state index is 12.6. The number of methoxy groups -OCH3 is 1. The molecule has 0 fully saturated rings. The third-order valence-electron chi connectivity index (χ3n) is 4.01. The Morgan fingerprint density at radius 3 is 2.77 bits per heavy atom. The molecular formula is C20H17ClN2O3. The summed E-state index contributed by atoms with van der Waals surface area (Å²) in [6.45, 7) is 1.88. The van der Waals surface area contributed by atoms with E-state index in [4.69, 9.17) is 16.3 Å². The van der Waals surface area contributed by atoms with Crippen LogP contribution in [0.3, 0.4) is 0 Å². The van der Waals surface area contributed by atoms with Gasteiger partial charge in [-0.3, -0.25) is 4.79 Å². The molecule has 0 radical (unpaired) electrons. The van der Waals surface area contributed by atoms with Gasteiger partial charge in [0.2, 0.25) is 0 Å². The topological polar surface area (TPSA) is 70.9 Å². The number of amides is 1. The number of hydrogen-bond donors (Lipinski definition) is 2. The van der Waals surface area contributed by atoms with Crippen molar-refractivity contribution in [3.8, 4) is 11.5 Å². The minimum absolute atomic E-state index is 0.137. The predicted molar refractivity (Wildman–Crippen MR) is 103 cm³/mol. The van der Waals surface area contributed by atoms with Gasteiger partial charge in [0.1, 0.15) is 0 Å². The maximum Gasteiger partial charge on any atom is 0.272 e. The highest BCUT2D eigenvalue weighted by Gasteiger charge is 2.12. The fraction of sp³-hybridized carbons (Fsp3) is 0.100. The summed E-state index contributed by atoms with van der Waals surface area (Å²) in [4.78, 5) is 12.6. The lowest BCUT2D eigenvalue weighted by Gasteiger charge is -2.09. The fourth-order valence-electron chi connectivity index (χ4n) is 2.73. The molecule has 0 aliphatic rings. The Labute approximate surface area is 155 Å². The van der Waals surface area contributed by atoms with Gasteiger partial charge < -0.3 is 9.84 Å². The first-order valence-corrected chi connectivity index (χ1v) is 8.27. The molecule has 0 saturated heterocycles. The van der Waals surface area contributed by atoms with Crippen molar-refractivity contribution in [2.45, 2.75) is 6.92 Å². The van der Waals surface area contributed by atoms with Gasteiger partial charge in [-0.1, -0.05) is 48.0 Å². The summed E-state index contributed by atoms with van der Waals surface area (Å²) < 4.78 is 5.04. The van der Waals surface area contributed by atoms with E-state index in [1.807, 2.05) is 43.3 Å². The molecule has 132 valence electrons. The van der Waals surface area contributed by atoms with Crippen molar-refractivity contribution >= 4 is 34.5 Å². The number of phenolic OH excluding ortho intramolecular Hbond substituents is 1. The zero-order valence-electron chi connectivity index (χ0n) is 14.3. The number of ether oxygens (including phenoxy) is 1. The molecule has 6 heteroatoms. The number of phenols is 1. The van der Waals surface area contributed by atoms with Crippen LogP contribution in [0.4, 0.5) is 0 Å². The Balaban J connectivity index is 1.85. The molecule has 5 nitrogen and oxygen atoms in total. The Kier molecular flexibility index (Phi) is 5.09. The number of halogens is 1. The number of aromatic hydroxyl groups is 1. The van der Waals surface area contributed by atoms with E-state index in [0.717, 1.165) is 16.3 Å². The first kappa shape index (κ1) is 17.8. The monoisotopic (exact) mass is 368 g/mol. The van der Waals surface area contributed by atoms with Crippen molar-refractivity contribution in [1.82, 2.24) is 5.43 Å². The molecule has 3 aromatic carbocycles. The second-order valence-electron chi connectivity index (χ2n) is 5.73. The molecule has 0 aliphatic carbocycles. The van der Waals surface area contributed by atoms with Crippen LogP contribution in [0.15, 0.2) is 53.6 Å². The molecule has 0 spiro atoms. The van der Waals surface area contributed by atoms with Crippen LogP contribution in [-0.2, 0) is 0 Å². The van der Waals surface area contributed by atoms with Crippen molar-refractivity contribution in [3.05, 3.63) is 70.2 Å². The van der Waals surface area contributed by atoms with Gasteiger partial charge in [0.25, 0.3) is 5.91 Å². The molecule has 0 saturated carbocycles. The van der Waals surface area contributed by atoms with Gasteiger partial charge in [0.15, 0.2) is 11.5 Å². The number of fused-ring (bicyclic) bond motifs is 1. The number of benzene rings is 3. The van der Waals surface area contributed by atoms with E-state index in [2.05, 4.69) is 10.5 Å². The molecule has 0 aromatic heterocycles. The number of hydrogen-bond acceptors (Lipinski definition) is 4. The fourth-order valence-corrected chi connectivity index (χ4v) is 2.95. The lowest BCUT2D eigenvalue weighted by Crippen LogP contribution is -2.19. The minimum Gasteiger partial charge on any atom is -0.503 e. The molecule has 26 heavy (non-hydrogen) atoms. The van der Waals surface area contributed by atoms with Crippen LogP contribution in [0.2, 0.25) is 5.02 Å². The SMILES string of the molecule is COc1cc(/C=N\NC(=O)c2c(C)ccc3ccccc23)cc(Cl)c1O. The highest BCUT2D eigenvalue weighted by molar-refractivity contribution is 6.32. The summed E-state index contributed by atoms with van der Waals surface area (Å²) in [5.74, 6) is -0.204. The summed E-state index contributed by atoms with van der Waals surface area (Å²) in [5.41, 5.74) is 4.57. The van der Waals surface area contributed by atoms with Crippen LogP contribution < -0.4 is 10.2 Å². The Morgan fingerprint density at radius 1 is 1.23 bits per heavy atom. The third-order valence-corrected chi connectivity index (χ3v) is 4.30.